The number of aliphatic carboxylic acids is 1. The van der Waals surface area contributed by atoms with Crippen LogP contribution in [0.5, 0.6) is 5.88 Å². The van der Waals surface area contributed by atoms with Gasteiger partial charge in [-0.05, 0) is 24.5 Å². The number of aromatic nitrogens is 1. The summed E-state index contributed by atoms with van der Waals surface area (Å²) in [4.78, 5) is 28.8. The molecule has 0 saturated carbocycles. The van der Waals surface area contributed by atoms with E-state index in [0.717, 1.165) is 0 Å². The van der Waals surface area contributed by atoms with Crippen molar-refractivity contribution in [2.45, 2.75) is 19.8 Å². The van der Waals surface area contributed by atoms with Crippen LogP contribution in [0.4, 0.5) is 19.3 Å². The zero-order valence-electron chi connectivity index (χ0n) is 13.1. The number of rotatable bonds is 5. The van der Waals surface area contributed by atoms with Gasteiger partial charge in [0.15, 0.2) is 6.61 Å². The summed E-state index contributed by atoms with van der Waals surface area (Å²) in [5.74, 6) is -1.62. The highest BCUT2D eigenvalue weighted by molar-refractivity contribution is 5.91. The predicted octanol–water partition coefficient (Wildman–Crippen LogP) is 2.30. The molecule has 0 spiro atoms. The molecule has 2 atom stereocenters. The van der Waals surface area contributed by atoms with Crippen molar-refractivity contribution in [3.8, 4) is 5.88 Å². The Balaban J connectivity index is 2.05. The van der Waals surface area contributed by atoms with Gasteiger partial charge in [-0.25, -0.2) is 18.6 Å². The van der Waals surface area contributed by atoms with Crippen LogP contribution in [0.3, 0.4) is 0 Å². The van der Waals surface area contributed by atoms with E-state index in [1.807, 2.05) is 6.92 Å². The average molecular weight is 343 g/mol. The lowest BCUT2D eigenvalue weighted by Gasteiger charge is -2.34. The van der Waals surface area contributed by atoms with Crippen molar-refractivity contribution in [2.75, 3.05) is 25.0 Å². The Hall–Kier alpha value is -2.45. The molecule has 7 nitrogen and oxygen atoms in total. The minimum atomic E-state index is -2.66. The number of hydrogen-bond acceptors (Lipinski definition) is 4. The van der Waals surface area contributed by atoms with E-state index in [0.29, 0.717) is 13.0 Å². The zero-order valence-corrected chi connectivity index (χ0v) is 13.1. The maximum Gasteiger partial charge on any atom is 0.322 e. The number of amides is 2. The number of hydrogen-bond donors (Lipinski definition) is 2. The third kappa shape index (κ3) is 4.77. The lowest BCUT2D eigenvalue weighted by molar-refractivity contribution is -0.143. The minimum absolute atomic E-state index is 0.0500. The van der Waals surface area contributed by atoms with E-state index in [9.17, 15) is 18.4 Å². The topological polar surface area (TPSA) is 91.8 Å². The number of piperidine rings is 1. The molecule has 0 radical (unpaired) electrons. The predicted molar refractivity (Wildman–Crippen MR) is 81.2 cm³/mol. The van der Waals surface area contributed by atoms with Crippen LogP contribution in [-0.2, 0) is 4.79 Å². The second-order valence-corrected chi connectivity index (χ2v) is 5.77. The third-order valence-corrected chi connectivity index (χ3v) is 3.65. The number of urea groups is 1. The summed E-state index contributed by atoms with van der Waals surface area (Å²) in [6.45, 7) is 1.56. The summed E-state index contributed by atoms with van der Waals surface area (Å²) in [5, 5.41) is 11.7. The fourth-order valence-electron chi connectivity index (χ4n) is 2.63. The number of carboxylic acid groups (broad SMARTS) is 1. The van der Waals surface area contributed by atoms with E-state index in [4.69, 9.17) is 9.84 Å². The van der Waals surface area contributed by atoms with Gasteiger partial charge >= 0.3 is 12.0 Å². The molecule has 9 heteroatoms. The maximum atomic E-state index is 12.4. The van der Waals surface area contributed by atoms with Crippen molar-refractivity contribution in [1.82, 2.24) is 9.88 Å². The lowest BCUT2D eigenvalue weighted by atomic mass is 9.91. The van der Waals surface area contributed by atoms with E-state index < -0.39 is 31.0 Å². The normalized spacial score (nSPS) is 20.8. The number of nitrogens with one attached hydrogen (secondary N) is 1. The van der Waals surface area contributed by atoms with E-state index in [1.165, 1.54) is 23.2 Å². The van der Waals surface area contributed by atoms with Crippen LogP contribution in [0.2, 0.25) is 0 Å². The van der Waals surface area contributed by atoms with Gasteiger partial charge in [-0.3, -0.25) is 4.79 Å². The molecule has 2 heterocycles. The number of carboxylic acids is 1. The van der Waals surface area contributed by atoms with Crippen molar-refractivity contribution in [3.63, 3.8) is 0 Å². The number of carbonyl (C=O) groups excluding carboxylic acids is 1. The molecule has 2 rings (SSSR count). The average Bonchev–Trinajstić information content (AvgIpc) is 2.53. The Labute approximate surface area is 137 Å². The number of halogens is 2. The number of carbonyl (C=O) groups is 2. The van der Waals surface area contributed by atoms with Gasteiger partial charge in [0, 0.05) is 19.3 Å². The van der Waals surface area contributed by atoms with Crippen molar-refractivity contribution in [3.05, 3.63) is 18.3 Å². The second-order valence-electron chi connectivity index (χ2n) is 5.77. The van der Waals surface area contributed by atoms with Gasteiger partial charge in [0.2, 0.25) is 5.88 Å². The number of alkyl halides is 2. The Kier molecular flexibility index (Phi) is 5.88. The van der Waals surface area contributed by atoms with Crippen LogP contribution in [0.1, 0.15) is 13.3 Å². The number of anilines is 1. The SMILES string of the molecule is CC1CC(C(=O)O)CN(C(=O)Nc2cccnc2OCC(F)F)C1. The Morgan fingerprint density at radius 1 is 1.50 bits per heavy atom. The highest BCUT2D eigenvalue weighted by atomic mass is 19.3. The molecule has 2 N–H and O–H groups in total. The van der Waals surface area contributed by atoms with Crippen LogP contribution in [0.15, 0.2) is 18.3 Å². The molecule has 2 amide bonds. The molecule has 1 saturated heterocycles. The van der Waals surface area contributed by atoms with E-state index in [2.05, 4.69) is 10.3 Å². The number of likely N-dealkylation sites (tertiary alicyclic amines) is 1. The van der Waals surface area contributed by atoms with Crippen LogP contribution >= 0.6 is 0 Å². The van der Waals surface area contributed by atoms with Crippen LogP contribution in [0, 0.1) is 11.8 Å². The van der Waals surface area contributed by atoms with Crippen molar-refractivity contribution >= 4 is 17.7 Å². The van der Waals surface area contributed by atoms with Gasteiger partial charge in [0.05, 0.1) is 5.92 Å². The van der Waals surface area contributed by atoms with Gasteiger partial charge < -0.3 is 20.1 Å². The van der Waals surface area contributed by atoms with Crippen molar-refractivity contribution in [1.29, 1.82) is 0 Å². The molecule has 132 valence electrons. The summed E-state index contributed by atoms with van der Waals surface area (Å²) in [7, 11) is 0. The first-order valence-electron chi connectivity index (χ1n) is 7.51. The third-order valence-electron chi connectivity index (χ3n) is 3.65. The molecule has 1 aliphatic rings. The van der Waals surface area contributed by atoms with Gasteiger partial charge in [-0.2, -0.15) is 0 Å². The van der Waals surface area contributed by atoms with Gasteiger partial charge in [-0.15, -0.1) is 0 Å². The van der Waals surface area contributed by atoms with Crippen LogP contribution in [0.25, 0.3) is 0 Å². The first kappa shape index (κ1) is 17.9. The van der Waals surface area contributed by atoms with Gasteiger partial charge in [-0.1, -0.05) is 6.92 Å². The number of ether oxygens (including phenoxy) is 1. The molecule has 1 aliphatic heterocycles. The summed E-state index contributed by atoms with van der Waals surface area (Å²) < 4.78 is 29.4. The maximum absolute atomic E-state index is 12.4. The Morgan fingerprint density at radius 2 is 2.25 bits per heavy atom. The first-order valence-corrected chi connectivity index (χ1v) is 7.51. The fourth-order valence-corrected chi connectivity index (χ4v) is 2.63. The molecule has 0 aliphatic carbocycles. The molecular formula is C15H19F2N3O4. The Bertz CT molecular complexity index is 600. The number of pyridine rings is 1. The largest absolute Gasteiger partial charge is 0.481 e. The van der Waals surface area contributed by atoms with Gasteiger partial charge in [0.25, 0.3) is 6.43 Å². The second kappa shape index (κ2) is 7.89. The first-order chi connectivity index (χ1) is 11.4. The van der Waals surface area contributed by atoms with Gasteiger partial charge in [0.1, 0.15) is 5.69 Å². The highest BCUT2D eigenvalue weighted by Gasteiger charge is 2.32. The number of nitrogens with zero attached hydrogens (tertiary/aromatic N) is 2. The molecule has 0 aromatic carbocycles. The molecule has 0 bridgehead atoms. The standard InChI is InChI=1S/C15H19F2N3O4/c1-9-5-10(14(21)22)7-20(6-9)15(23)19-11-3-2-4-18-13(11)24-8-12(16)17/h2-4,9-10,12H,5-8H2,1H3,(H,19,23)(H,21,22). The summed E-state index contributed by atoms with van der Waals surface area (Å²) in [6.07, 6.45) is -0.788. The molecule has 2 unspecified atom stereocenters. The molecular weight excluding hydrogens is 324 g/mol. The lowest BCUT2D eigenvalue weighted by Crippen LogP contribution is -2.47. The summed E-state index contributed by atoms with van der Waals surface area (Å²) in [6, 6.07) is 2.50. The Morgan fingerprint density at radius 3 is 2.92 bits per heavy atom. The zero-order chi connectivity index (χ0) is 17.7. The molecule has 1 aromatic rings. The monoisotopic (exact) mass is 343 g/mol. The molecule has 1 fully saturated rings. The summed E-state index contributed by atoms with van der Waals surface area (Å²) in [5.41, 5.74) is 0.160. The quantitative estimate of drug-likeness (QED) is 0.856. The molecule has 1 aromatic heterocycles. The molecule has 24 heavy (non-hydrogen) atoms. The van der Waals surface area contributed by atoms with E-state index in [-0.39, 0.29) is 24.0 Å². The van der Waals surface area contributed by atoms with Crippen LogP contribution < -0.4 is 10.1 Å². The van der Waals surface area contributed by atoms with Crippen molar-refractivity contribution < 1.29 is 28.2 Å². The van der Waals surface area contributed by atoms with E-state index in [1.54, 1.807) is 0 Å². The highest BCUT2D eigenvalue weighted by Crippen LogP contribution is 2.25. The smallest absolute Gasteiger partial charge is 0.322 e. The van der Waals surface area contributed by atoms with Crippen molar-refractivity contribution in [2.24, 2.45) is 11.8 Å². The van der Waals surface area contributed by atoms with Crippen LogP contribution in [-0.4, -0.2) is 53.1 Å². The minimum Gasteiger partial charge on any atom is -0.481 e. The van der Waals surface area contributed by atoms with E-state index >= 15 is 0 Å². The summed E-state index contributed by atoms with van der Waals surface area (Å²) >= 11 is 0. The fraction of sp³-hybridized carbons (Fsp3) is 0.533.